The third kappa shape index (κ3) is 1.50. The van der Waals surface area contributed by atoms with E-state index in [1.807, 2.05) is 0 Å². The summed E-state index contributed by atoms with van der Waals surface area (Å²) in [6.07, 6.45) is 4.31. The molecule has 1 spiro atoms. The van der Waals surface area contributed by atoms with Crippen molar-refractivity contribution in [1.82, 2.24) is 10.6 Å². The van der Waals surface area contributed by atoms with Gasteiger partial charge < -0.3 is 10.1 Å². The Bertz CT molecular complexity index is 328. The lowest BCUT2D eigenvalue weighted by molar-refractivity contribution is -0.125. The van der Waals surface area contributed by atoms with Crippen LogP contribution in [0.2, 0.25) is 0 Å². The minimum Gasteiger partial charge on any atom is -0.381 e. The number of hydrogen-bond donors (Lipinski definition) is 2. The summed E-state index contributed by atoms with van der Waals surface area (Å²) in [5, 5.41) is 4.99. The molecule has 16 heavy (non-hydrogen) atoms. The monoisotopic (exact) mass is 224 g/mol. The fourth-order valence-corrected chi connectivity index (χ4v) is 3.27. The maximum Gasteiger partial charge on any atom is 0.322 e. The summed E-state index contributed by atoms with van der Waals surface area (Å²) in [6, 6.07) is -0.635. The van der Waals surface area contributed by atoms with Crippen molar-refractivity contribution in [3.8, 4) is 0 Å². The minimum atomic E-state index is -0.345. The average Bonchev–Trinajstić information content (AvgIpc) is 2.55. The van der Waals surface area contributed by atoms with Crippen molar-refractivity contribution in [1.29, 1.82) is 0 Å². The van der Waals surface area contributed by atoms with Gasteiger partial charge in [-0.3, -0.25) is 10.1 Å². The molecule has 5 heteroatoms. The Morgan fingerprint density at radius 1 is 1.19 bits per heavy atom. The highest BCUT2D eigenvalue weighted by molar-refractivity contribution is 6.04. The van der Waals surface area contributed by atoms with Crippen LogP contribution in [0.5, 0.6) is 0 Å². The number of carbonyl (C=O) groups is 2. The summed E-state index contributed by atoms with van der Waals surface area (Å²) >= 11 is 0. The smallest absolute Gasteiger partial charge is 0.322 e. The van der Waals surface area contributed by atoms with E-state index < -0.39 is 0 Å². The second kappa shape index (κ2) is 3.45. The van der Waals surface area contributed by atoms with E-state index in [0.717, 1.165) is 38.9 Å². The fourth-order valence-electron chi connectivity index (χ4n) is 3.27. The highest BCUT2D eigenvalue weighted by Gasteiger charge is 2.51. The molecular formula is C11H16N2O3. The molecule has 3 aliphatic rings. The van der Waals surface area contributed by atoms with Gasteiger partial charge in [-0.1, -0.05) is 0 Å². The first-order chi connectivity index (χ1) is 7.69. The van der Waals surface area contributed by atoms with Crippen LogP contribution in [0.1, 0.15) is 25.7 Å². The Morgan fingerprint density at radius 3 is 2.44 bits per heavy atom. The van der Waals surface area contributed by atoms with E-state index >= 15 is 0 Å². The largest absolute Gasteiger partial charge is 0.381 e. The van der Waals surface area contributed by atoms with Crippen LogP contribution < -0.4 is 10.6 Å². The maximum absolute atomic E-state index is 11.5. The number of rotatable bonds is 1. The van der Waals surface area contributed by atoms with E-state index in [-0.39, 0.29) is 18.0 Å². The molecule has 1 aliphatic carbocycles. The first-order valence-corrected chi connectivity index (χ1v) is 5.88. The average molecular weight is 224 g/mol. The molecule has 1 unspecified atom stereocenters. The second-order valence-electron chi connectivity index (χ2n) is 5.22. The molecule has 3 fully saturated rings. The van der Waals surface area contributed by atoms with Gasteiger partial charge in [0.15, 0.2) is 0 Å². The molecule has 0 aromatic carbocycles. The summed E-state index contributed by atoms with van der Waals surface area (Å²) in [6.45, 7) is 1.69. The van der Waals surface area contributed by atoms with Gasteiger partial charge in [0, 0.05) is 13.2 Å². The highest BCUT2D eigenvalue weighted by atomic mass is 16.5. The van der Waals surface area contributed by atoms with E-state index in [2.05, 4.69) is 10.6 Å². The normalized spacial score (nSPS) is 33.4. The Hall–Kier alpha value is -1.10. The third-order valence-electron chi connectivity index (χ3n) is 4.22. The number of carbonyl (C=O) groups excluding carboxylic acids is 2. The van der Waals surface area contributed by atoms with Crippen LogP contribution in [-0.4, -0.2) is 31.2 Å². The van der Waals surface area contributed by atoms with Crippen LogP contribution in [0.15, 0.2) is 0 Å². The lowest BCUT2D eigenvalue weighted by atomic mass is 9.56. The molecule has 2 saturated heterocycles. The van der Waals surface area contributed by atoms with Crippen molar-refractivity contribution < 1.29 is 14.3 Å². The SMILES string of the molecule is O=C1NC(=O)C(C2CC3(CCOCC3)C2)N1. The van der Waals surface area contributed by atoms with Crippen LogP contribution >= 0.6 is 0 Å². The van der Waals surface area contributed by atoms with Gasteiger partial charge in [-0.25, -0.2) is 4.79 Å². The summed E-state index contributed by atoms with van der Waals surface area (Å²) in [7, 11) is 0. The standard InChI is InChI=1S/C11H16N2O3/c14-9-8(12-10(15)13-9)7-5-11(6-7)1-3-16-4-2-11/h7-8H,1-6H2,(H2,12,13,14,15). The van der Waals surface area contributed by atoms with Gasteiger partial charge in [0.25, 0.3) is 5.91 Å². The zero-order valence-electron chi connectivity index (χ0n) is 9.12. The van der Waals surface area contributed by atoms with Gasteiger partial charge in [0.05, 0.1) is 0 Å². The van der Waals surface area contributed by atoms with E-state index in [1.165, 1.54) is 0 Å². The lowest BCUT2D eigenvalue weighted by Gasteiger charge is -2.51. The summed E-state index contributed by atoms with van der Waals surface area (Å²) in [5.41, 5.74) is 0.399. The Morgan fingerprint density at radius 2 is 1.88 bits per heavy atom. The molecule has 0 aromatic rings. The summed E-state index contributed by atoms with van der Waals surface area (Å²) in [5.74, 6) is 0.168. The van der Waals surface area contributed by atoms with Crippen molar-refractivity contribution in [2.24, 2.45) is 11.3 Å². The molecule has 0 aromatic heterocycles. The molecule has 0 radical (unpaired) electrons. The van der Waals surface area contributed by atoms with Crippen molar-refractivity contribution in [3.63, 3.8) is 0 Å². The van der Waals surface area contributed by atoms with Crippen molar-refractivity contribution in [3.05, 3.63) is 0 Å². The quantitative estimate of drug-likeness (QED) is 0.634. The Kier molecular flexibility index (Phi) is 2.17. The molecule has 3 amide bonds. The topological polar surface area (TPSA) is 67.4 Å². The highest BCUT2D eigenvalue weighted by Crippen LogP contribution is 2.53. The summed E-state index contributed by atoms with van der Waals surface area (Å²) in [4.78, 5) is 22.5. The van der Waals surface area contributed by atoms with Crippen molar-refractivity contribution in [2.75, 3.05) is 13.2 Å². The molecule has 0 bridgehead atoms. The van der Waals surface area contributed by atoms with Gasteiger partial charge >= 0.3 is 6.03 Å². The van der Waals surface area contributed by atoms with Gasteiger partial charge in [-0.05, 0) is 37.0 Å². The molecule has 1 atom stereocenters. The molecule has 1 saturated carbocycles. The van der Waals surface area contributed by atoms with Gasteiger partial charge in [-0.15, -0.1) is 0 Å². The molecule has 88 valence electrons. The van der Waals surface area contributed by atoms with Gasteiger partial charge in [-0.2, -0.15) is 0 Å². The number of urea groups is 1. The fraction of sp³-hybridized carbons (Fsp3) is 0.818. The number of hydrogen-bond acceptors (Lipinski definition) is 3. The molecule has 2 N–H and O–H groups in total. The zero-order valence-corrected chi connectivity index (χ0v) is 9.12. The lowest BCUT2D eigenvalue weighted by Crippen LogP contribution is -2.51. The van der Waals surface area contributed by atoms with Crippen LogP contribution in [0.3, 0.4) is 0 Å². The van der Waals surface area contributed by atoms with Crippen LogP contribution in [0.25, 0.3) is 0 Å². The maximum atomic E-state index is 11.5. The second-order valence-corrected chi connectivity index (χ2v) is 5.22. The number of ether oxygens (including phenoxy) is 1. The molecule has 5 nitrogen and oxygen atoms in total. The Labute approximate surface area is 93.9 Å². The molecular weight excluding hydrogens is 208 g/mol. The van der Waals surface area contributed by atoms with Gasteiger partial charge in [0.2, 0.25) is 0 Å². The van der Waals surface area contributed by atoms with Crippen molar-refractivity contribution >= 4 is 11.9 Å². The molecule has 2 aliphatic heterocycles. The van der Waals surface area contributed by atoms with E-state index in [4.69, 9.17) is 4.74 Å². The van der Waals surface area contributed by atoms with Crippen LogP contribution in [0.4, 0.5) is 4.79 Å². The predicted octanol–water partition coefficient (Wildman–Crippen LogP) is 0.401. The van der Waals surface area contributed by atoms with Crippen LogP contribution in [-0.2, 0) is 9.53 Å². The summed E-state index contributed by atoms with van der Waals surface area (Å²) < 4.78 is 5.35. The molecule has 3 rings (SSSR count). The molecule has 2 heterocycles. The zero-order chi connectivity index (χ0) is 11.2. The minimum absolute atomic E-state index is 0.156. The third-order valence-corrected chi connectivity index (χ3v) is 4.22. The van der Waals surface area contributed by atoms with Gasteiger partial charge in [0.1, 0.15) is 6.04 Å². The first kappa shape index (κ1) is 10.1. The van der Waals surface area contributed by atoms with Crippen molar-refractivity contribution in [2.45, 2.75) is 31.7 Å². The Balaban J connectivity index is 1.60. The van der Waals surface area contributed by atoms with E-state index in [9.17, 15) is 9.59 Å². The number of nitrogens with one attached hydrogen (secondary N) is 2. The predicted molar refractivity (Wildman–Crippen MR) is 55.7 cm³/mol. The van der Waals surface area contributed by atoms with E-state index in [1.54, 1.807) is 0 Å². The number of imide groups is 1. The number of amides is 3. The van der Waals surface area contributed by atoms with Crippen LogP contribution in [0, 0.1) is 11.3 Å². The first-order valence-electron chi connectivity index (χ1n) is 5.88. The van der Waals surface area contributed by atoms with E-state index in [0.29, 0.717) is 11.3 Å².